The molecule has 0 radical (unpaired) electrons. The van der Waals surface area contributed by atoms with E-state index in [4.69, 9.17) is 0 Å². The summed E-state index contributed by atoms with van der Waals surface area (Å²) in [6.07, 6.45) is 24.2. The lowest BCUT2D eigenvalue weighted by molar-refractivity contribution is -0.924. The van der Waals surface area contributed by atoms with Gasteiger partial charge in [0.25, 0.3) is 0 Å². The molecule has 0 saturated heterocycles. The molecule has 0 aromatic carbocycles. The first kappa shape index (κ1) is 158. The summed E-state index contributed by atoms with van der Waals surface area (Å²) in [6, 6.07) is 0. The molecular formula is C114H246N9O9S9+9. The van der Waals surface area contributed by atoms with Gasteiger partial charge in [-0.2, -0.15) is 0 Å². The van der Waals surface area contributed by atoms with E-state index in [1.54, 1.807) is 23.5 Å². The molecule has 0 spiro atoms. The number of nitrogens with zero attached hydrogens (tertiary/aromatic N) is 9. The van der Waals surface area contributed by atoms with Crippen LogP contribution in [0.5, 0.6) is 0 Å². The number of unbranched alkanes of at least 4 members (excludes halogenated alkanes) is 6. The number of hydrogen-bond donors (Lipinski definition) is 0. The monoisotopic (exact) mass is 2170 g/mol. The summed E-state index contributed by atoms with van der Waals surface area (Å²) in [5.74, 6) is 9.37. The standard InChI is InChI=1S/C16H34NOS.2C15H32NOS.C14H30NOS.C13H28NOS.C12H26NOS.2C10H22NOS.C9H20NOS/c1-5-9-11-16(18)19-15-14-17(8-4,12-7-3)13-10-6-2;1-6-9-11-16(8-3,10-7-2)12-13-18-15(17)14(4)5;1-5-9-10-15(17)18-14-13-16(8-4,11-6-2)12-7-3;1-6-9-15(8-3,10-7-2)11-12-17-14(16)13(4)5;1-5-9-10-13(15)16-12-11-14(6-2,7-3)8-4;1-6-13(7-2,8-3)9-10-15-12(14)11(4)5;1-10(2,3)9(12)13-8-7-11(4,5)6;1-5-6-7-10(12)13-9-8-11(2,3)4;1-8(2)9(11)12-7-6-10(3,4)5/h5-15H2,1-4H3;14H,6-13H2,1-5H3;5-14H2,1-4H3;13H,6-12H2,1-5H3;5-12H2,1-4H3;11H,6-10H2,1-5H3;7-8H2,1-6H3;5-9H2,1-4H3;8H,6-7H2,1-5H3/q9*+1. The minimum Gasteiger partial charge on any atom is -0.330 e. The maximum Gasteiger partial charge on any atom is 0.194 e. The number of rotatable bonds is 71. The fourth-order valence-corrected chi connectivity index (χ4v) is 24.8. The van der Waals surface area contributed by atoms with Crippen LogP contribution in [0.2, 0.25) is 0 Å². The van der Waals surface area contributed by atoms with Crippen LogP contribution in [-0.4, -0.2) is 378 Å². The number of carbonyl (C=O) groups excluding carboxylic acids is 9. The quantitative estimate of drug-likeness (QED) is 0.0530. The van der Waals surface area contributed by atoms with Crippen LogP contribution in [0, 0.1) is 29.1 Å². The molecule has 18 nitrogen and oxygen atoms in total. The third kappa shape index (κ3) is 97.8. The molecule has 2 atom stereocenters. The summed E-state index contributed by atoms with van der Waals surface area (Å²) < 4.78 is 9.86. The van der Waals surface area contributed by atoms with Crippen molar-refractivity contribution in [1.29, 1.82) is 0 Å². The minimum absolute atomic E-state index is 0.167. The molecule has 0 aromatic heterocycles. The highest BCUT2D eigenvalue weighted by atomic mass is 32.2. The summed E-state index contributed by atoms with van der Waals surface area (Å²) in [4.78, 5) is 103. The van der Waals surface area contributed by atoms with Crippen LogP contribution < -0.4 is 0 Å². The van der Waals surface area contributed by atoms with Gasteiger partial charge in [0.05, 0.1) is 292 Å². The van der Waals surface area contributed by atoms with Crippen molar-refractivity contribution in [2.75, 3.05) is 292 Å². The summed E-state index contributed by atoms with van der Waals surface area (Å²) in [6.45, 7) is 103. The molecule has 0 aliphatic rings. The number of thioether (sulfide) groups is 9. The van der Waals surface area contributed by atoms with Gasteiger partial charge in [-0.25, -0.2) is 0 Å². The van der Waals surface area contributed by atoms with E-state index in [-0.39, 0.29) is 29.1 Å². The van der Waals surface area contributed by atoms with E-state index in [0.29, 0.717) is 46.0 Å². The molecule has 0 saturated carbocycles. The Balaban J connectivity index is -0.000000199. The zero-order chi connectivity index (χ0) is 111. The van der Waals surface area contributed by atoms with Crippen LogP contribution in [0.3, 0.4) is 0 Å². The Morgan fingerprint density at radius 1 is 0.191 bits per heavy atom. The molecule has 27 heteroatoms. The SMILES string of the molecule is CC(C)(C)C(=O)SCC[N+](C)(C)C.CC(C)C(=O)SCC[N+](C)(C)C.CCCCC(=O)SCC[N+](C)(C)C.CCCCC(=O)SCC[N+](CC)(CC)CC.CCCCC(=O)SCC[N+](CC)(CCC)CCC.CCCCC(=O)SCC[N+](CC)(CCC)CCCC.CCCC[N+](CC)(CCC)CCSC(=O)C(C)C.CCC[N+](CC)(CCC)CCSC(=O)C(C)C.CC[N+](CC)(CC)CCSC(=O)C(C)C. The molecular weight excluding hydrogens is 1930 g/mol. The first-order chi connectivity index (χ1) is 65.8. The third-order valence-corrected chi connectivity index (χ3v) is 35.7. The highest BCUT2D eigenvalue weighted by Gasteiger charge is 2.31. The van der Waals surface area contributed by atoms with E-state index >= 15 is 0 Å². The van der Waals surface area contributed by atoms with Gasteiger partial charge in [-0.15, -0.1) is 0 Å². The molecule has 846 valence electrons. The largest absolute Gasteiger partial charge is 0.330 e. The van der Waals surface area contributed by atoms with Gasteiger partial charge >= 0.3 is 0 Å². The Kier molecular flexibility index (Phi) is 110. The van der Waals surface area contributed by atoms with Crippen LogP contribution in [0.1, 0.15) is 370 Å². The van der Waals surface area contributed by atoms with Crippen LogP contribution in [0.4, 0.5) is 0 Å². The second-order valence-electron chi connectivity index (χ2n) is 44.1. The van der Waals surface area contributed by atoms with Crippen molar-refractivity contribution in [3.63, 3.8) is 0 Å². The second kappa shape index (κ2) is 98.0. The van der Waals surface area contributed by atoms with E-state index in [0.717, 1.165) is 210 Å². The molecule has 0 aliphatic carbocycles. The van der Waals surface area contributed by atoms with Crippen LogP contribution >= 0.6 is 106 Å². The molecule has 0 heterocycles. The summed E-state index contributed by atoms with van der Waals surface area (Å²) in [7, 11) is 19.3. The molecule has 0 rings (SSSR count). The van der Waals surface area contributed by atoms with Gasteiger partial charge in [0, 0.05) is 54.8 Å². The van der Waals surface area contributed by atoms with Crippen molar-refractivity contribution in [2.24, 2.45) is 29.1 Å². The lowest BCUT2D eigenvalue weighted by Gasteiger charge is -2.37. The smallest absolute Gasteiger partial charge is 0.194 e. The third-order valence-electron chi connectivity index (χ3n) is 26.2. The maximum absolute atomic E-state index is 11.7. The predicted octanol–water partition coefficient (Wildman–Crippen LogP) is 27.9. The van der Waals surface area contributed by atoms with Crippen molar-refractivity contribution in [2.45, 2.75) is 370 Å². The van der Waals surface area contributed by atoms with Crippen molar-refractivity contribution in [3.05, 3.63) is 0 Å². The van der Waals surface area contributed by atoms with E-state index < -0.39 is 0 Å². The van der Waals surface area contributed by atoms with Crippen molar-refractivity contribution in [1.82, 2.24) is 0 Å². The summed E-state index contributed by atoms with van der Waals surface area (Å²) in [5.41, 5.74) is -0.199. The zero-order valence-corrected chi connectivity index (χ0v) is 109. The Morgan fingerprint density at radius 2 is 0.348 bits per heavy atom. The number of quaternary nitrogens is 9. The van der Waals surface area contributed by atoms with Crippen LogP contribution in [-0.2, 0) is 43.2 Å². The molecule has 141 heavy (non-hydrogen) atoms. The Morgan fingerprint density at radius 3 is 0.504 bits per heavy atom. The van der Waals surface area contributed by atoms with Gasteiger partial charge < -0.3 is 40.3 Å². The molecule has 0 amide bonds. The highest BCUT2D eigenvalue weighted by Crippen LogP contribution is 2.26. The van der Waals surface area contributed by atoms with Gasteiger partial charge in [-0.1, -0.05) is 304 Å². The number of hydrogen-bond acceptors (Lipinski definition) is 18. The van der Waals surface area contributed by atoms with Crippen LogP contribution in [0.15, 0.2) is 0 Å². The summed E-state index contributed by atoms with van der Waals surface area (Å²) in [5, 5.41) is 3.13. The van der Waals surface area contributed by atoms with Crippen molar-refractivity contribution >= 4 is 152 Å². The van der Waals surface area contributed by atoms with Gasteiger partial charge in [0.15, 0.2) is 46.0 Å². The highest BCUT2D eigenvalue weighted by molar-refractivity contribution is 8.15. The van der Waals surface area contributed by atoms with E-state index in [1.165, 1.54) is 282 Å². The summed E-state index contributed by atoms with van der Waals surface area (Å²) >= 11 is 13.6. The second-order valence-corrected chi connectivity index (χ2v) is 54.1. The molecule has 0 fully saturated rings. The average molecular weight is 2180 g/mol. The van der Waals surface area contributed by atoms with Gasteiger partial charge in [-0.05, 0) is 146 Å². The average Bonchev–Trinajstić information content (AvgIpc) is 0.878. The first-order valence-electron chi connectivity index (χ1n) is 56.8. The fraction of sp³-hybridized carbons (Fsp3) is 0.921. The fourth-order valence-electron chi connectivity index (χ4n) is 15.2. The molecule has 0 N–H and O–H groups in total. The first-order valence-corrected chi connectivity index (χ1v) is 65.7. The van der Waals surface area contributed by atoms with Crippen molar-refractivity contribution < 1.29 is 83.5 Å². The van der Waals surface area contributed by atoms with Gasteiger partial charge in [-0.3, -0.25) is 43.2 Å². The van der Waals surface area contributed by atoms with Gasteiger partial charge in [0.1, 0.15) is 0 Å². The normalized spacial score (nSPS) is 12.7. The lowest BCUT2D eigenvalue weighted by Crippen LogP contribution is -2.50. The van der Waals surface area contributed by atoms with Gasteiger partial charge in [0.2, 0.25) is 0 Å². The molecule has 0 bridgehead atoms. The Hall–Kier alpha value is -0.180. The molecule has 2 unspecified atom stereocenters. The topological polar surface area (TPSA) is 154 Å². The maximum atomic E-state index is 11.7. The van der Waals surface area contributed by atoms with Crippen molar-refractivity contribution in [3.8, 4) is 0 Å². The zero-order valence-electron chi connectivity index (χ0n) is 102. The van der Waals surface area contributed by atoms with E-state index in [1.807, 2.05) is 76.2 Å². The molecule has 0 aromatic rings. The van der Waals surface area contributed by atoms with E-state index in [9.17, 15) is 43.2 Å². The number of carbonyl (C=O) groups is 9. The van der Waals surface area contributed by atoms with E-state index in [2.05, 4.69) is 216 Å². The Labute approximate surface area is 918 Å². The lowest BCUT2D eigenvalue weighted by atomic mass is 10.00. The Bertz CT molecular complexity index is 2950. The minimum atomic E-state index is -0.199. The predicted molar refractivity (Wildman–Crippen MR) is 649 cm³/mol. The van der Waals surface area contributed by atoms with Crippen LogP contribution in [0.25, 0.3) is 0 Å². The molecule has 0 aliphatic heterocycles.